The predicted molar refractivity (Wildman–Crippen MR) is 143 cm³/mol. The third kappa shape index (κ3) is 5.25. The number of carbonyl (C=O) groups excluding carboxylic acids is 2. The van der Waals surface area contributed by atoms with Gasteiger partial charge in [0.05, 0.1) is 5.56 Å². The van der Waals surface area contributed by atoms with Gasteiger partial charge in [0, 0.05) is 27.7 Å². The van der Waals surface area contributed by atoms with Gasteiger partial charge in [0.2, 0.25) is 0 Å². The summed E-state index contributed by atoms with van der Waals surface area (Å²) in [5.74, 6) is -0.353. The molecule has 1 aliphatic heterocycles. The van der Waals surface area contributed by atoms with E-state index >= 15 is 0 Å². The molecular formula is C27H33N3O3S2. The van der Waals surface area contributed by atoms with Crippen molar-refractivity contribution < 1.29 is 14.3 Å². The minimum atomic E-state index is -0.591. The lowest BCUT2D eigenvalue weighted by atomic mass is 9.95. The van der Waals surface area contributed by atoms with Crippen LogP contribution in [-0.4, -0.2) is 24.1 Å². The molecule has 6 nitrogen and oxygen atoms in total. The van der Waals surface area contributed by atoms with Gasteiger partial charge in [-0.25, -0.2) is 9.59 Å². The number of anilines is 1. The van der Waals surface area contributed by atoms with Crippen LogP contribution < -0.4 is 16.0 Å². The number of esters is 1. The van der Waals surface area contributed by atoms with E-state index in [0.29, 0.717) is 17.1 Å². The van der Waals surface area contributed by atoms with E-state index in [2.05, 4.69) is 34.2 Å². The van der Waals surface area contributed by atoms with Crippen LogP contribution in [-0.2, 0) is 37.1 Å². The van der Waals surface area contributed by atoms with E-state index in [4.69, 9.17) is 4.74 Å². The van der Waals surface area contributed by atoms with Crippen LogP contribution in [0, 0.1) is 0 Å². The lowest BCUT2D eigenvalue weighted by molar-refractivity contribution is 0.00699. The maximum absolute atomic E-state index is 13.1. The van der Waals surface area contributed by atoms with Crippen molar-refractivity contribution >= 4 is 45.2 Å². The summed E-state index contributed by atoms with van der Waals surface area (Å²) in [7, 11) is 0. The van der Waals surface area contributed by atoms with Gasteiger partial charge in [-0.05, 0) is 88.1 Å². The van der Waals surface area contributed by atoms with Gasteiger partial charge < -0.3 is 15.4 Å². The fourth-order valence-electron chi connectivity index (χ4n) is 4.96. The van der Waals surface area contributed by atoms with Crippen molar-refractivity contribution in [1.82, 2.24) is 10.6 Å². The van der Waals surface area contributed by atoms with Crippen molar-refractivity contribution in [2.45, 2.75) is 78.0 Å². The van der Waals surface area contributed by atoms with Gasteiger partial charge in [0.15, 0.2) is 0 Å². The Bertz CT molecular complexity index is 1210. The summed E-state index contributed by atoms with van der Waals surface area (Å²) in [5.41, 5.74) is 4.83. The molecule has 0 atom stereocenters. The fraction of sp³-hybridized carbons (Fsp3) is 0.481. The molecule has 3 aliphatic rings. The Kier molecular flexibility index (Phi) is 6.88. The van der Waals surface area contributed by atoms with Crippen LogP contribution in [0.3, 0.4) is 0 Å². The van der Waals surface area contributed by atoms with Gasteiger partial charge in [-0.15, -0.1) is 22.7 Å². The van der Waals surface area contributed by atoms with Gasteiger partial charge in [-0.3, -0.25) is 5.32 Å². The van der Waals surface area contributed by atoms with E-state index in [0.717, 1.165) is 57.2 Å². The van der Waals surface area contributed by atoms with E-state index in [9.17, 15) is 9.59 Å². The van der Waals surface area contributed by atoms with E-state index in [1.54, 1.807) is 0 Å². The number of amides is 2. The van der Waals surface area contributed by atoms with Gasteiger partial charge in [0.1, 0.15) is 10.6 Å². The molecule has 0 radical (unpaired) electrons. The number of hydrogen-bond donors (Lipinski definition) is 3. The number of allylic oxidation sites excluding steroid dienone is 4. The minimum absolute atomic E-state index is 0.288. The van der Waals surface area contributed by atoms with Crippen LogP contribution in [0.1, 0.15) is 81.7 Å². The Labute approximate surface area is 214 Å². The van der Waals surface area contributed by atoms with E-state index in [1.807, 2.05) is 32.1 Å². The standard InChI is InChI=1S/C27H33N3O3S2/c1-27(2,3)33-25(31)22-18-10-6-7-11-20(18)35-24(22)30-26(32)29-14-19-17-12-13-28-15-21(17)34-23(19)16-8-4-5-9-16/h4,8-9,28H,5-7,10-15H2,1-3H3,(H2,29,30,32). The molecule has 5 rings (SSSR count). The Morgan fingerprint density at radius 3 is 2.69 bits per heavy atom. The second kappa shape index (κ2) is 9.91. The Morgan fingerprint density at radius 2 is 1.91 bits per heavy atom. The Morgan fingerprint density at radius 1 is 1.09 bits per heavy atom. The fourth-order valence-corrected chi connectivity index (χ4v) is 7.59. The first-order chi connectivity index (χ1) is 16.8. The molecule has 186 valence electrons. The van der Waals surface area contributed by atoms with Crippen molar-refractivity contribution in [3.8, 4) is 0 Å². The van der Waals surface area contributed by atoms with Crippen LogP contribution in [0.15, 0.2) is 18.2 Å². The van der Waals surface area contributed by atoms with E-state index in [1.165, 1.54) is 42.7 Å². The third-order valence-corrected chi connectivity index (χ3v) is 9.03. The van der Waals surface area contributed by atoms with Crippen molar-refractivity contribution in [3.05, 3.63) is 55.1 Å². The number of rotatable bonds is 5. The topological polar surface area (TPSA) is 79.5 Å². The van der Waals surface area contributed by atoms with E-state index < -0.39 is 5.60 Å². The number of ether oxygens (including phenoxy) is 1. The first-order valence-electron chi connectivity index (χ1n) is 12.4. The zero-order valence-electron chi connectivity index (χ0n) is 20.6. The summed E-state index contributed by atoms with van der Waals surface area (Å²) in [6.45, 7) is 7.91. The number of urea groups is 1. The second-order valence-corrected chi connectivity index (χ2v) is 12.5. The van der Waals surface area contributed by atoms with Crippen molar-refractivity contribution in [2.24, 2.45) is 0 Å². The zero-order valence-corrected chi connectivity index (χ0v) is 22.3. The summed E-state index contributed by atoms with van der Waals surface area (Å²) in [6.07, 6.45) is 12.5. The lowest BCUT2D eigenvalue weighted by Crippen LogP contribution is -2.30. The molecule has 0 spiro atoms. The lowest BCUT2D eigenvalue weighted by Gasteiger charge is -2.21. The monoisotopic (exact) mass is 511 g/mol. The third-order valence-electron chi connectivity index (χ3n) is 6.50. The number of hydrogen-bond acceptors (Lipinski definition) is 6. The summed E-state index contributed by atoms with van der Waals surface area (Å²) in [5, 5.41) is 10.1. The van der Waals surface area contributed by atoms with Crippen LogP contribution in [0.4, 0.5) is 9.80 Å². The zero-order chi connectivity index (χ0) is 24.6. The molecule has 0 fully saturated rings. The summed E-state index contributed by atoms with van der Waals surface area (Å²) < 4.78 is 5.70. The predicted octanol–water partition coefficient (Wildman–Crippen LogP) is 5.95. The molecule has 0 bridgehead atoms. The van der Waals surface area contributed by atoms with Crippen LogP contribution in [0.5, 0.6) is 0 Å². The largest absolute Gasteiger partial charge is 0.456 e. The molecule has 3 heterocycles. The number of thiophene rings is 2. The smallest absolute Gasteiger partial charge is 0.341 e. The van der Waals surface area contributed by atoms with Gasteiger partial charge in [0.25, 0.3) is 0 Å². The first-order valence-corrected chi connectivity index (χ1v) is 14.1. The highest BCUT2D eigenvalue weighted by Gasteiger charge is 2.30. The molecule has 8 heteroatoms. The molecule has 0 saturated carbocycles. The minimum Gasteiger partial charge on any atom is -0.456 e. The molecule has 0 saturated heterocycles. The average molecular weight is 512 g/mol. The van der Waals surface area contributed by atoms with Crippen molar-refractivity contribution in [3.63, 3.8) is 0 Å². The van der Waals surface area contributed by atoms with Gasteiger partial charge in [-0.1, -0.05) is 18.2 Å². The highest BCUT2D eigenvalue weighted by atomic mass is 32.1. The SMILES string of the molecule is CC(C)(C)OC(=O)c1c(NC(=O)NCc2c(C3=CCC=C3)sc3c2CCNC3)sc2c1CCCC2. The number of nitrogens with one attached hydrogen (secondary N) is 3. The van der Waals surface area contributed by atoms with E-state index in [-0.39, 0.29) is 12.0 Å². The molecule has 2 aromatic heterocycles. The molecule has 0 aromatic carbocycles. The first kappa shape index (κ1) is 24.3. The maximum Gasteiger partial charge on any atom is 0.341 e. The number of aryl methyl sites for hydroxylation is 1. The summed E-state index contributed by atoms with van der Waals surface area (Å²) >= 11 is 3.35. The molecule has 0 unspecified atom stereocenters. The molecule has 2 aliphatic carbocycles. The quantitative estimate of drug-likeness (QED) is 0.433. The average Bonchev–Trinajstić information content (AvgIpc) is 3.53. The maximum atomic E-state index is 13.1. The molecule has 2 aromatic rings. The van der Waals surface area contributed by atoms with Crippen LogP contribution >= 0.6 is 22.7 Å². The van der Waals surface area contributed by atoms with Crippen molar-refractivity contribution in [1.29, 1.82) is 0 Å². The molecule has 3 N–H and O–H groups in total. The van der Waals surface area contributed by atoms with Crippen LogP contribution in [0.2, 0.25) is 0 Å². The van der Waals surface area contributed by atoms with Crippen molar-refractivity contribution in [2.75, 3.05) is 11.9 Å². The van der Waals surface area contributed by atoms with Crippen LogP contribution in [0.25, 0.3) is 5.57 Å². The Hall–Kier alpha value is -2.42. The van der Waals surface area contributed by atoms with Gasteiger partial charge >= 0.3 is 12.0 Å². The number of fused-ring (bicyclic) bond motifs is 2. The molecule has 35 heavy (non-hydrogen) atoms. The second-order valence-electron chi connectivity index (χ2n) is 10.3. The molecule has 2 amide bonds. The summed E-state index contributed by atoms with van der Waals surface area (Å²) in [6, 6.07) is -0.288. The normalized spacial score (nSPS) is 16.9. The molecular weight excluding hydrogens is 478 g/mol. The van der Waals surface area contributed by atoms with Gasteiger partial charge in [-0.2, -0.15) is 0 Å². The highest BCUT2D eigenvalue weighted by Crippen LogP contribution is 2.40. The Balaban J connectivity index is 1.36. The highest BCUT2D eigenvalue weighted by molar-refractivity contribution is 7.17. The summed E-state index contributed by atoms with van der Waals surface area (Å²) in [4.78, 5) is 30.0. The number of carbonyl (C=O) groups is 2.